The molecule has 2 heteroatoms. The smallest absolute Gasteiger partial charge is 0.0359 e. The topological polar surface area (TPSA) is 0 Å². The van der Waals surface area contributed by atoms with Gasteiger partial charge >= 0.3 is 0 Å². The monoisotopic (exact) mass is 127 g/mol. The second-order valence-corrected chi connectivity index (χ2v) is 6.27. The van der Waals surface area contributed by atoms with E-state index in [1.165, 1.54) is 18.1 Å². The Hall–Kier alpha value is 0.282. The van der Waals surface area contributed by atoms with Crippen LogP contribution in [0.2, 0.25) is 18.1 Å². The fraction of sp³-hybridized carbons (Fsp3) is 1.00. The summed E-state index contributed by atoms with van der Waals surface area (Å²) in [5, 5.41) is 0. The van der Waals surface area contributed by atoms with Crippen LogP contribution in [0, 0.1) is 0 Å². The molecule has 0 aromatic rings. The van der Waals surface area contributed by atoms with Crippen molar-refractivity contribution in [3.05, 3.63) is 0 Å². The van der Waals surface area contributed by atoms with E-state index in [0.29, 0.717) is 0 Å². The fourth-order valence-corrected chi connectivity index (χ4v) is 2.60. The third-order valence-corrected chi connectivity index (χ3v) is 5.20. The maximum Gasteiger partial charge on any atom is 0.0359 e. The predicted octanol–water partition coefficient (Wildman–Crippen LogP) is 1.89. The average molecular weight is 127 g/mol. The summed E-state index contributed by atoms with van der Waals surface area (Å²) in [6, 6.07) is 4.48. The Balaban J connectivity index is 0. The van der Waals surface area contributed by atoms with E-state index in [9.17, 15) is 0 Å². The molecular formula is C6H16BSi. The van der Waals surface area contributed by atoms with Crippen LogP contribution < -0.4 is 0 Å². The van der Waals surface area contributed by atoms with Gasteiger partial charge in [-0.3, -0.25) is 0 Å². The molecule has 0 amide bonds. The molecule has 0 bridgehead atoms. The minimum atomic E-state index is -0.171. The van der Waals surface area contributed by atoms with Gasteiger partial charge in [-0.1, -0.05) is 38.9 Å². The van der Waals surface area contributed by atoms with Gasteiger partial charge in [0.05, 0.1) is 0 Å². The predicted molar refractivity (Wildman–Crippen MR) is 44.3 cm³/mol. The minimum absolute atomic E-state index is 0. The lowest BCUT2D eigenvalue weighted by molar-refractivity contribution is 1.24. The van der Waals surface area contributed by atoms with Crippen LogP contribution in [0.15, 0.2) is 0 Å². The molecule has 0 nitrogen and oxygen atoms in total. The van der Waals surface area contributed by atoms with Gasteiger partial charge in [0.15, 0.2) is 0 Å². The highest BCUT2D eigenvalue weighted by molar-refractivity contribution is 6.58. The van der Waals surface area contributed by atoms with Gasteiger partial charge < -0.3 is 0 Å². The summed E-state index contributed by atoms with van der Waals surface area (Å²) >= 11 is 0. The molecule has 0 unspecified atom stereocenters. The summed E-state index contributed by atoms with van der Waals surface area (Å²) in [7, 11) is -0.171. The Kier molecular flexibility index (Phi) is 10.1. The first-order valence-corrected chi connectivity index (χ1v) is 5.80. The third-order valence-electron chi connectivity index (χ3n) is 1.73. The quantitative estimate of drug-likeness (QED) is 0.508. The van der Waals surface area contributed by atoms with Gasteiger partial charge in [-0.25, -0.2) is 0 Å². The van der Waals surface area contributed by atoms with Crippen molar-refractivity contribution in [3.8, 4) is 0 Å². The standard InChI is InChI=1S/C6H16Si.B/c1-4-7(5-2)6-3;/h7H,4-6H2,1-3H3;. The highest BCUT2D eigenvalue weighted by Crippen LogP contribution is 2.01. The van der Waals surface area contributed by atoms with E-state index in [-0.39, 0.29) is 17.2 Å². The lowest BCUT2D eigenvalue weighted by atomic mass is 10.8. The summed E-state index contributed by atoms with van der Waals surface area (Å²) in [5.74, 6) is 0. The van der Waals surface area contributed by atoms with Crippen molar-refractivity contribution < 1.29 is 0 Å². The zero-order valence-electron chi connectivity index (χ0n) is 6.28. The van der Waals surface area contributed by atoms with E-state index in [0.717, 1.165) is 0 Å². The Morgan fingerprint density at radius 3 is 1.12 bits per heavy atom. The molecule has 0 saturated carbocycles. The zero-order chi connectivity index (χ0) is 5.70. The second kappa shape index (κ2) is 7.28. The Morgan fingerprint density at radius 2 is 1.12 bits per heavy atom. The van der Waals surface area contributed by atoms with E-state index < -0.39 is 0 Å². The van der Waals surface area contributed by atoms with Gasteiger partial charge in [0.25, 0.3) is 0 Å². The van der Waals surface area contributed by atoms with Crippen LogP contribution in [0.25, 0.3) is 0 Å². The molecule has 0 aliphatic rings. The Morgan fingerprint density at radius 1 is 0.875 bits per heavy atom. The van der Waals surface area contributed by atoms with Crippen molar-refractivity contribution in [1.29, 1.82) is 0 Å². The van der Waals surface area contributed by atoms with Gasteiger partial charge in [-0.2, -0.15) is 0 Å². The van der Waals surface area contributed by atoms with Crippen molar-refractivity contribution >= 4 is 17.2 Å². The molecule has 0 aliphatic carbocycles. The largest absolute Gasteiger partial charge is 0.0680 e. The van der Waals surface area contributed by atoms with Crippen molar-refractivity contribution in [2.24, 2.45) is 0 Å². The van der Waals surface area contributed by atoms with Crippen LogP contribution in [-0.4, -0.2) is 17.2 Å². The fourth-order valence-electron chi connectivity index (χ4n) is 0.866. The number of rotatable bonds is 3. The molecule has 0 spiro atoms. The maximum atomic E-state index is 2.32. The van der Waals surface area contributed by atoms with E-state index in [1.54, 1.807) is 0 Å². The van der Waals surface area contributed by atoms with Gasteiger partial charge in [-0.05, 0) is 0 Å². The molecule has 0 rings (SSSR count). The second-order valence-electron chi connectivity index (χ2n) is 2.09. The normalized spacial score (nSPS) is 9.00. The molecule has 8 heavy (non-hydrogen) atoms. The SMILES string of the molecule is CC[SiH](CC)CC.[B]. The number of hydrogen-bond donors (Lipinski definition) is 0. The van der Waals surface area contributed by atoms with Crippen molar-refractivity contribution in [3.63, 3.8) is 0 Å². The first kappa shape index (κ1) is 11.1. The Labute approximate surface area is 56.9 Å². The molecule has 0 saturated heterocycles. The van der Waals surface area contributed by atoms with E-state index in [4.69, 9.17) is 0 Å². The van der Waals surface area contributed by atoms with Crippen LogP contribution in [-0.2, 0) is 0 Å². The lowest BCUT2D eigenvalue weighted by Gasteiger charge is -2.03. The lowest BCUT2D eigenvalue weighted by Crippen LogP contribution is -2.04. The summed E-state index contributed by atoms with van der Waals surface area (Å²) in [4.78, 5) is 0. The van der Waals surface area contributed by atoms with Crippen LogP contribution in [0.3, 0.4) is 0 Å². The first-order chi connectivity index (χ1) is 3.35. The van der Waals surface area contributed by atoms with E-state index in [2.05, 4.69) is 20.8 Å². The third kappa shape index (κ3) is 4.44. The van der Waals surface area contributed by atoms with Crippen molar-refractivity contribution in [2.45, 2.75) is 38.9 Å². The Bertz CT molecular complexity index is 30.0. The summed E-state index contributed by atoms with van der Waals surface area (Å²) < 4.78 is 0. The highest BCUT2D eigenvalue weighted by atomic mass is 28.3. The molecule has 0 atom stereocenters. The first-order valence-electron chi connectivity index (χ1n) is 3.35. The van der Waals surface area contributed by atoms with Gasteiger partial charge in [0.2, 0.25) is 0 Å². The summed E-state index contributed by atoms with van der Waals surface area (Å²) in [5.41, 5.74) is 0. The molecule has 0 heterocycles. The zero-order valence-corrected chi connectivity index (χ0v) is 7.43. The van der Waals surface area contributed by atoms with Crippen LogP contribution in [0.4, 0.5) is 0 Å². The van der Waals surface area contributed by atoms with Crippen LogP contribution in [0.5, 0.6) is 0 Å². The van der Waals surface area contributed by atoms with Crippen LogP contribution in [0.1, 0.15) is 20.8 Å². The summed E-state index contributed by atoms with van der Waals surface area (Å²) in [6.45, 7) is 6.97. The highest BCUT2D eigenvalue weighted by Gasteiger charge is 1.98. The van der Waals surface area contributed by atoms with Gasteiger partial charge in [-0.15, -0.1) is 0 Å². The van der Waals surface area contributed by atoms with Gasteiger partial charge in [0.1, 0.15) is 0 Å². The molecule has 0 fully saturated rings. The van der Waals surface area contributed by atoms with Crippen molar-refractivity contribution in [1.82, 2.24) is 0 Å². The van der Waals surface area contributed by atoms with E-state index >= 15 is 0 Å². The van der Waals surface area contributed by atoms with Crippen molar-refractivity contribution in [2.75, 3.05) is 0 Å². The van der Waals surface area contributed by atoms with Gasteiger partial charge in [0, 0.05) is 17.2 Å². The molecule has 3 radical (unpaired) electrons. The molecule has 47 valence electrons. The van der Waals surface area contributed by atoms with E-state index in [1.807, 2.05) is 0 Å². The molecule has 0 aromatic heterocycles. The molecular weight excluding hydrogens is 111 g/mol. The minimum Gasteiger partial charge on any atom is -0.0680 e. The molecule has 0 aromatic carbocycles. The van der Waals surface area contributed by atoms with Crippen LogP contribution >= 0.6 is 0 Å². The summed E-state index contributed by atoms with van der Waals surface area (Å²) in [6.07, 6.45) is 0. The average Bonchev–Trinajstić information content (AvgIpc) is 1.72. The molecule has 0 aliphatic heterocycles. The number of hydrogen-bond acceptors (Lipinski definition) is 0. The maximum absolute atomic E-state index is 2.32. The molecule has 0 N–H and O–H groups in total.